The molecule has 0 atom stereocenters. The van der Waals surface area contributed by atoms with Gasteiger partial charge in [-0.1, -0.05) is 11.3 Å². The van der Waals surface area contributed by atoms with Crippen molar-refractivity contribution in [1.82, 2.24) is 14.8 Å². The molecular formula is C12H16N4OS. The average Bonchev–Trinajstić information content (AvgIpc) is 2.78. The highest BCUT2D eigenvalue weighted by Gasteiger charge is 2.12. The topological polar surface area (TPSA) is 59.8 Å². The summed E-state index contributed by atoms with van der Waals surface area (Å²) in [5, 5.41) is 12.6. The van der Waals surface area contributed by atoms with E-state index in [0.29, 0.717) is 10.6 Å². The summed E-state index contributed by atoms with van der Waals surface area (Å²) in [5.41, 5.74) is 0.583. The number of nitrogens with zero attached hydrogens (tertiary/aromatic N) is 3. The molecule has 0 aliphatic rings. The van der Waals surface area contributed by atoms with Gasteiger partial charge in [-0.2, -0.15) is 0 Å². The van der Waals surface area contributed by atoms with Gasteiger partial charge in [-0.3, -0.25) is 4.79 Å². The quantitative estimate of drug-likeness (QED) is 0.921. The van der Waals surface area contributed by atoms with Gasteiger partial charge in [0.2, 0.25) is 5.13 Å². The van der Waals surface area contributed by atoms with Crippen LogP contribution in [0.5, 0.6) is 0 Å². The highest BCUT2D eigenvalue weighted by Crippen LogP contribution is 2.23. The molecule has 0 saturated carbocycles. The minimum atomic E-state index is -0.0216. The first kappa shape index (κ1) is 12.8. The van der Waals surface area contributed by atoms with Gasteiger partial charge in [-0.15, -0.1) is 10.2 Å². The van der Waals surface area contributed by atoms with Crippen molar-refractivity contribution in [2.75, 3.05) is 11.9 Å². The third kappa shape index (κ3) is 2.43. The molecule has 0 radical (unpaired) electrons. The van der Waals surface area contributed by atoms with Gasteiger partial charge in [0.05, 0.1) is 5.56 Å². The Bertz CT molecular complexity index is 588. The van der Waals surface area contributed by atoms with Crippen molar-refractivity contribution in [2.24, 2.45) is 0 Å². The van der Waals surface area contributed by atoms with Crippen LogP contribution in [-0.2, 0) is 0 Å². The van der Waals surface area contributed by atoms with E-state index in [2.05, 4.69) is 15.5 Å². The summed E-state index contributed by atoms with van der Waals surface area (Å²) in [6, 6.07) is 3.79. The van der Waals surface area contributed by atoms with Crippen LogP contribution in [0, 0.1) is 0 Å². The van der Waals surface area contributed by atoms with Crippen LogP contribution in [0.3, 0.4) is 0 Å². The molecule has 0 bridgehead atoms. The lowest BCUT2D eigenvalue weighted by atomic mass is 10.2. The van der Waals surface area contributed by atoms with Crippen molar-refractivity contribution in [2.45, 2.75) is 26.8 Å². The number of hydrogen-bond acceptors (Lipinski definition) is 5. The van der Waals surface area contributed by atoms with Gasteiger partial charge in [0.1, 0.15) is 0 Å². The van der Waals surface area contributed by atoms with E-state index in [4.69, 9.17) is 0 Å². The summed E-state index contributed by atoms with van der Waals surface area (Å²) in [6.45, 7) is 6.75. The first-order valence-electron chi connectivity index (χ1n) is 5.92. The molecule has 2 rings (SSSR count). The van der Waals surface area contributed by atoms with Crippen LogP contribution in [0.15, 0.2) is 23.1 Å². The molecule has 2 aromatic rings. The Balaban J connectivity index is 2.44. The standard InChI is InChI=1S/C12H16N4OS/c1-4-13-12-15-14-10(18-12)9-6-5-7-16(8(2)3)11(9)17/h5-8H,4H2,1-3H3,(H,13,15). The van der Waals surface area contributed by atoms with Crippen molar-refractivity contribution in [1.29, 1.82) is 0 Å². The van der Waals surface area contributed by atoms with Gasteiger partial charge in [-0.05, 0) is 32.9 Å². The lowest BCUT2D eigenvalue weighted by molar-refractivity contribution is 0.579. The molecule has 1 N–H and O–H groups in total. The van der Waals surface area contributed by atoms with Gasteiger partial charge < -0.3 is 9.88 Å². The smallest absolute Gasteiger partial charge is 0.261 e. The Morgan fingerprint density at radius 2 is 2.22 bits per heavy atom. The van der Waals surface area contributed by atoms with Gasteiger partial charge in [0.15, 0.2) is 5.01 Å². The van der Waals surface area contributed by atoms with Crippen LogP contribution in [0.4, 0.5) is 5.13 Å². The third-order valence-electron chi connectivity index (χ3n) is 2.51. The molecule has 0 aliphatic heterocycles. The zero-order valence-corrected chi connectivity index (χ0v) is 11.5. The Morgan fingerprint density at radius 3 is 2.89 bits per heavy atom. The lowest BCUT2D eigenvalue weighted by Crippen LogP contribution is -2.22. The van der Waals surface area contributed by atoms with E-state index in [1.807, 2.05) is 26.8 Å². The molecule has 2 aromatic heterocycles. The van der Waals surface area contributed by atoms with Crippen LogP contribution < -0.4 is 10.9 Å². The SMILES string of the molecule is CCNc1nnc(-c2cccn(C(C)C)c2=O)s1. The average molecular weight is 264 g/mol. The second-order valence-electron chi connectivity index (χ2n) is 4.17. The largest absolute Gasteiger partial charge is 0.360 e. The van der Waals surface area contributed by atoms with Crippen LogP contribution >= 0.6 is 11.3 Å². The second kappa shape index (κ2) is 5.30. The van der Waals surface area contributed by atoms with Gasteiger partial charge >= 0.3 is 0 Å². The molecule has 0 aromatic carbocycles. The van der Waals surface area contributed by atoms with E-state index >= 15 is 0 Å². The maximum atomic E-state index is 12.3. The van der Waals surface area contributed by atoms with Crippen LogP contribution in [0.2, 0.25) is 0 Å². The molecule has 0 amide bonds. The summed E-state index contributed by atoms with van der Waals surface area (Å²) in [7, 11) is 0. The Kier molecular flexibility index (Phi) is 3.76. The lowest BCUT2D eigenvalue weighted by Gasteiger charge is -2.09. The van der Waals surface area contributed by atoms with E-state index in [9.17, 15) is 4.79 Å². The first-order chi connectivity index (χ1) is 8.63. The molecule has 0 saturated heterocycles. The maximum absolute atomic E-state index is 12.3. The predicted molar refractivity (Wildman–Crippen MR) is 74.2 cm³/mol. The van der Waals surface area contributed by atoms with E-state index in [0.717, 1.165) is 11.7 Å². The normalized spacial score (nSPS) is 10.9. The zero-order chi connectivity index (χ0) is 13.1. The zero-order valence-electron chi connectivity index (χ0n) is 10.7. The number of aromatic nitrogens is 3. The van der Waals surface area contributed by atoms with Crippen molar-refractivity contribution in [3.05, 3.63) is 28.7 Å². The van der Waals surface area contributed by atoms with E-state index in [-0.39, 0.29) is 11.6 Å². The first-order valence-corrected chi connectivity index (χ1v) is 6.74. The summed E-state index contributed by atoms with van der Waals surface area (Å²) in [6.07, 6.45) is 1.79. The van der Waals surface area contributed by atoms with E-state index in [1.54, 1.807) is 16.8 Å². The summed E-state index contributed by atoms with van der Waals surface area (Å²) >= 11 is 1.40. The number of hydrogen-bond donors (Lipinski definition) is 1. The van der Waals surface area contributed by atoms with Gasteiger partial charge in [0, 0.05) is 18.8 Å². The predicted octanol–water partition coefficient (Wildman–Crippen LogP) is 2.38. The number of rotatable bonds is 4. The van der Waals surface area contributed by atoms with Gasteiger partial charge in [-0.25, -0.2) is 0 Å². The monoisotopic (exact) mass is 264 g/mol. The van der Waals surface area contributed by atoms with Crippen LogP contribution in [-0.4, -0.2) is 21.3 Å². The molecule has 18 heavy (non-hydrogen) atoms. The van der Waals surface area contributed by atoms with Crippen LogP contribution in [0.1, 0.15) is 26.8 Å². The van der Waals surface area contributed by atoms with Crippen molar-refractivity contribution in [3.8, 4) is 10.6 Å². The Hall–Kier alpha value is -1.69. The van der Waals surface area contributed by atoms with E-state index in [1.165, 1.54) is 11.3 Å². The fraction of sp³-hybridized carbons (Fsp3) is 0.417. The summed E-state index contributed by atoms with van der Waals surface area (Å²) in [4.78, 5) is 12.3. The van der Waals surface area contributed by atoms with E-state index < -0.39 is 0 Å². The third-order valence-corrected chi connectivity index (χ3v) is 3.43. The fourth-order valence-electron chi connectivity index (χ4n) is 1.63. The fourth-order valence-corrected chi connectivity index (χ4v) is 2.46. The highest BCUT2D eigenvalue weighted by atomic mass is 32.1. The number of nitrogens with one attached hydrogen (secondary N) is 1. The molecule has 96 valence electrons. The molecule has 2 heterocycles. The minimum Gasteiger partial charge on any atom is -0.360 e. The number of pyridine rings is 1. The number of anilines is 1. The van der Waals surface area contributed by atoms with Crippen LogP contribution in [0.25, 0.3) is 10.6 Å². The highest BCUT2D eigenvalue weighted by molar-refractivity contribution is 7.18. The van der Waals surface area contributed by atoms with Crippen molar-refractivity contribution in [3.63, 3.8) is 0 Å². The maximum Gasteiger partial charge on any atom is 0.261 e. The van der Waals surface area contributed by atoms with Crippen molar-refractivity contribution < 1.29 is 0 Å². The van der Waals surface area contributed by atoms with Crippen molar-refractivity contribution >= 4 is 16.5 Å². The second-order valence-corrected chi connectivity index (χ2v) is 5.15. The summed E-state index contributed by atoms with van der Waals surface area (Å²) < 4.78 is 1.70. The molecular weight excluding hydrogens is 248 g/mol. The molecule has 0 aliphatic carbocycles. The molecule has 6 heteroatoms. The summed E-state index contributed by atoms with van der Waals surface area (Å²) in [5.74, 6) is 0. The Morgan fingerprint density at radius 1 is 1.44 bits per heavy atom. The molecule has 5 nitrogen and oxygen atoms in total. The molecule has 0 fully saturated rings. The minimum absolute atomic E-state index is 0.0216. The van der Waals surface area contributed by atoms with Gasteiger partial charge in [0.25, 0.3) is 5.56 Å². The molecule has 0 spiro atoms. The Labute approximate surface area is 110 Å². The molecule has 0 unspecified atom stereocenters.